The molecule has 0 unspecified atom stereocenters. The quantitative estimate of drug-likeness (QED) is 0.692. The van der Waals surface area contributed by atoms with Gasteiger partial charge >= 0.3 is 0 Å². The van der Waals surface area contributed by atoms with E-state index in [-0.39, 0.29) is 11.6 Å². The number of ether oxygens (including phenoxy) is 1. The molecule has 0 aliphatic rings. The van der Waals surface area contributed by atoms with E-state index < -0.39 is 0 Å². The van der Waals surface area contributed by atoms with Crippen molar-refractivity contribution in [3.05, 3.63) is 23.6 Å². The summed E-state index contributed by atoms with van der Waals surface area (Å²) in [6.07, 6.45) is 1.59. The third-order valence-corrected chi connectivity index (χ3v) is 1.94. The zero-order valence-electron chi connectivity index (χ0n) is 9.01. The molecule has 0 aliphatic carbocycles. The largest absolute Gasteiger partial charge is 0.383 e. The Bertz CT molecular complexity index is 307. The van der Waals surface area contributed by atoms with Crippen LogP contribution in [-0.4, -0.2) is 32.3 Å². The first-order valence-electron chi connectivity index (χ1n) is 4.80. The molecule has 0 saturated carbocycles. The van der Waals surface area contributed by atoms with E-state index in [2.05, 4.69) is 15.6 Å². The fourth-order valence-electron chi connectivity index (χ4n) is 1.21. The zero-order chi connectivity index (χ0) is 11.1. The van der Waals surface area contributed by atoms with Gasteiger partial charge in [-0.25, -0.2) is 9.37 Å². The van der Waals surface area contributed by atoms with Gasteiger partial charge in [-0.3, -0.25) is 0 Å². The van der Waals surface area contributed by atoms with Gasteiger partial charge in [0.25, 0.3) is 0 Å². The molecule has 0 saturated heterocycles. The normalized spacial score (nSPS) is 10.3. The third-order valence-electron chi connectivity index (χ3n) is 1.94. The van der Waals surface area contributed by atoms with Crippen LogP contribution in [0.1, 0.15) is 5.56 Å². The molecule has 1 aromatic rings. The van der Waals surface area contributed by atoms with Crippen LogP contribution in [-0.2, 0) is 11.3 Å². The number of anilines is 1. The summed E-state index contributed by atoms with van der Waals surface area (Å²) < 4.78 is 18.5. The first-order valence-corrected chi connectivity index (χ1v) is 4.80. The second-order valence-electron chi connectivity index (χ2n) is 3.08. The van der Waals surface area contributed by atoms with Crippen LogP contribution < -0.4 is 10.6 Å². The van der Waals surface area contributed by atoms with Crippen molar-refractivity contribution in [1.82, 2.24) is 10.3 Å². The van der Waals surface area contributed by atoms with Gasteiger partial charge in [-0.1, -0.05) is 0 Å². The van der Waals surface area contributed by atoms with Crippen LogP contribution in [0.2, 0.25) is 0 Å². The Morgan fingerprint density at radius 1 is 1.53 bits per heavy atom. The lowest BCUT2D eigenvalue weighted by Gasteiger charge is -2.08. The molecule has 84 valence electrons. The summed E-state index contributed by atoms with van der Waals surface area (Å²) in [6.45, 7) is 1.56. The number of pyridine rings is 1. The summed E-state index contributed by atoms with van der Waals surface area (Å²) >= 11 is 0. The summed E-state index contributed by atoms with van der Waals surface area (Å²) in [5.74, 6) is -0.0252. The fourth-order valence-corrected chi connectivity index (χ4v) is 1.21. The predicted molar refractivity (Wildman–Crippen MR) is 57.3 cm³/mol. The minimum atomic E-state index is -0.303. The van der Waals surface area contributed by atoms with Gasteiger partial charge in [-0.15, -0.1) is 0 Å². The lowest BCUT2D eigenvalue weighted by Crippen LogP contribution is -2.13. The summed E-state index contributed by atoms with van der Waals surface area (Å²) in [5.41, 5.74) is 0.604. The summed E-state index contributed by atoms with van der Waals surface area (Å²) in [7, 11) is 3.38. The highest BCUT2D eigenvalue weighted by Crippen LogP contribution is 2.14. The van der Waals surface area contributed by atoms with E-state index in [1.54, 1.807) is 26.4 Å². The molecule has 0 radical (unpaired) electrons. The number of hydrogen-bond donors (Lipinski definition) is 2. The highest BCUT2D eigenvalue weighted by Gasteiger charge is 2.07. The molecule has 0 spiro atoms. The third kappa shape index (κ3) is 3.45. The van der Waals surface area contributed by atoms with Crippen LogP contribution in [0.25, 0.3) is 0 Å². The minimum Gasteiger partial charge on any atom is -0.383 e. The average molecular weight is 213 g/mol. The Hall–Kier alpha value is -1.20. The van der Waals surface area contributed by atoms with Crippen molar-refractivity contribution < 1.29 is 9.13 Å². The van der Waals surface area contributed by atoms with Gasteiger partial charge in [0.2, 0.25) is 0 Å². The molecule has 1 rings (SSSR count). The predicted octanol–water partition coefficient (Wildman–Crippen LogP) is 0.998. The molecule has 1 heterocycles. The molecule has 2 N–H and O–H groups in total. The van der Waals surface area contributed by atoms with Crippen molar-refractivity contribution >= 4 is 5.82 Å². The van der Waals surface area contributed by atoms with Crippen LogP contribution in [0.3, 0.4) is 0 Å². The summed E-state index contributed by atoms with van der Waals surface area (Å²) in [6, 6.07) is 1.66. The standard InChI is InChI=1S/C10H16FN3O/c1-12-7-8-3-4-13-10(9(8)11)14-5-6-15-2/h3-4,12H,5-7H2,1-2H3,(H,13,14). The monoisotopic (exact) mass is 213 g/mol. The Morgan fingerprint density at radius 2 is 2.33 bits per heavy atom. The number of rotatable bonds is 6. The fraction of sp³-hybridized carbons (Fsp3) is 0.500. The first-order chi connectivity index (χ1) is 7.29. The molecule has 1 aromatic heterocycles. The molecule has 0 bridgehead atoms. The summed E-state index contributed by atoms with van der Waals surface area (Å²) in [5, 5.41) is 5.77. The smallest absolute Gasteiger partial charge is 0.169 e. The van der Waals surface area contributed by atoms with Crippen LogP contribution >= 0.6 is 0 Å². The Balaban J connectivity index is 2.66. The van der Waals surface area contributed by atoms with Crippen molar-refractivity contribution in [2.24, 2.45) is 0 Å². The SMILES string of the molecule is CNCc1ccnc(NCCOC)c1F. The maximum Gasteiger partial charge on any atom is 0.169 e. The second-order valence-corrected chi connectivity index (χ2v) is 3.08. The molecule has 4 nitrogen and oxygen atoms in total. The van der Waals surface area contributed by atoms with Gasteiger partial charge in [0.05, 0.1) is 6.61 Å². The lowest BCUT2D eigenvalue weighted by atomic mass is 10.2. The van der Waals surface area contributed by atoms with Gasteiger partial charge in [-0.2, -0.15) is 0 Å². The maximum atomic E-state index is 13.7. The van der Waals surface area contributed by atoms with Gasteiger partial charge in [0, 0.05) is 32.0 Å². The molecule has 0 aromatic carbocycles. The van der Waals surface area contributed by atoms with Crippen molar-refractivity contribution in [2.45, 2.75) is 6.54 Å². The average Bonchev–Trinajstić information content (AvgIpc) is 2.24. The number of nitrogens with one attached hydrogen (secondary N) is 2. The Kier molecular flexibility index (Phi) is 5.00. The maximum absolute atomic E-state index is 13.7. The molecule has 15 heavy (non-hydrogen) atoms. The topological polar surface area (TPSA) is 46.2 Å². The van der Waals surface area contributed by atoms with E-state index in [1.165, 1.54) is 0 Å². The van der Waals surface area contributed by atoms with E-state index in [4.69, 9.17) is 4.74 Å². The van der Waals surface area contributed by atoms with E-state index in [0.717, 1.165) is 0 Å². The molecular formula is C10H16FN3O. The summed E-state index contributed by atoms with van der Waals surface area (Å²) in [4.78, 5) is 3.92. The Morgan fingerprint density at radius 3 is 3.00 bits per heavy atom. The minimum absolute atomic E-state index is 0.278. The number of aromatic nitrogens is 1. The van der Waals surface area contributed by atoms with Crippen molar-refractivity contribution in [3.8, 4) is 0 Å². The van der Waals surface area contributed by atoms with E-state index >= 15 is 0 Å². The van der Waals surface area contributed by atoms with Crippen molar-refractivity contribution in [3.63, 3.8) is 0 Å². The van der Waals surface area contributed by atoms with Gasteiger partial charge in [-0.05, 0) is 13.1 Å². The highest BCUT2D eigenvalue weighted by molar-refractivity contribution is 5.39. The molecule has 0 aliphatic heterocycles. The molecule has 0 fully saturated rings. The van der Waals surface area contributed by atoms with Crippen molar-refractivity contribution in [1.29, 1.82) is 0 Å². The number of halogens is 1. The van der Waals surface area contributed by atoms with Crippen molar-refractivity contribution in [2.75, 3.05) is 32.6 Å². The molecule has 5 heteroatoms. The first kappa shape index (κ1) is 11.9. The molecule has 0 amide bonds. The van der Waals surface area contributed by atoms with E-state index in [9.17, 15) is 4.39 Å². The molecule has 0 atom stereocenters. The second kappa shape index (κ2) is 6.31. The lowest BCUT2D eigenvalue weighted by molar-refractivity contribution is 0.210. The highest BCUT2D eigenvalue weighted by atomic mass is 19.1. The number of hydrogen-bond acceptors (Lipinski definition) is 4. The number of methoxy groups -OCH3 is 1. The van der Waals surface area contributed by atoms with Gasteiger partial charge < -0.3 is 15.4 Å². The van der Waals surface area contributed by atoms with Crippen LogP contribution in [0.15, 0.2) is 12.3 Å². The van der Waals surface area contributed by atoms with E-state index in [1.807, 2.05) is 0 Å². The van der Waals surface area contributed by atoms with E-state index in [0.29, 0.717) is 25.3 Å². The van der Waals surface area contributed by atoms with Crippen LogP contribution in [0.5, 0.6) is 0 Å². The number of nitrogens with zero attached hydrogens (tertiary/aromatic N) is 1. The van der Waals surface area contributed by atoms with Crippen LogP contribution in [0, 0.1) is 5.82 Å². The van der Waals surface area contributed by atoms with Crippen LogP contribution in [0.4, 0.5) is 10.2 Å². The van der Waals surface area contributed by atoms with Gasteiger partial charge in [0.1, 0.15) is 0 Å². The Labute approximate surface area is 88.9 Å². The zero-order valence-corrected chi connectivity index (χ0v) is 9.01. The van der Waals surface area contributed by atoms with Gasteiger partial charge in [0.15, 0.2) is 11.6 Å². The molecular weight excluding hydrogens is 197 g/mol.